The number of nitrogens with one attached hydrogen (secondary N) is 1. The number of hydrogen-bond acceptors (Lipinski definition) is 6. The van der Waals surface area contributed by atoms with E-state index in [1.165, 1.54) is 12.1 Å². The zero-order chi connectivity index (χ0) is 23.5. The van der Waals surface area contributed by atoms with Crippen LogP contribution in [0.4, 0.5) is 5.69 Å². The Morgan fingerprint density at radius 1 is 1.09 bits per heavy atom. The van der Waals surface area contributed by atoms with Crippen molar-refractivity contribution >= 4 is 27.5 Å². The van der Waals surface area contributed by atoms with E-state index in [1.807, 2.05) is 20.8 Å². The highest BCUT2D eigenvalue weighted by Crippen LogP contribution is 2.34. The molecule has 2 aromatic rings. The first-order valence-corrected chi connectivity index (χ1v) is 12.1. The van der Waals surface area contributed by atoms with Crippen LogP contribution in [0.15, 0.2) is 47.4 Å². The van der Waals surface area contributed by atoms with Gasteiger partial charge in [-0.05, 0) is 58.4 Å². The Morgan fingerprint density at radius 2 is 1.75 bits per heavy atom. The summed E-state index contributed by atoms with van der Waals surface area (Å²) in [6.45, 7) is 7.53. The smallest absolute Gasteiger partial charge is 0.308 e. The first kappa shape index (κ1) is 23.9. The summed E-state index contributed by atoms with van der Waals surface area (Å²) >= 11 is 0. The largest absolute Gasteiger partial charge is 0.466 e. The number of aryl methyl sites for hydroxylation is 2. The number of anilines is 1. The lowest BCUT2D eigenvalue weighted by Gasteiger charge is -2.19. The number of ketones is 1. The molecule has 0 unspecified atom stereocenters. The van der Waals surface area contributed by atoms with Crippen molar-refractivity contribution < 1.29 is 27.5 Å². The molecule has 3 rings (SSSR count). The lowest BCUT2D eigenvalue weighted by Crippen LogP contribution is -2.28. The van der Waals surface area contributed by atoms with Gasteiger partial charge in [-0.25, -0.2) is 8.42 Å². The maximum Gasteiger partial charge on any atom is 0.308 e. The standard InChI is InChI=1S/C24H29NO6S/c1-5-30-23(26)14-22-20(13-17(4)31-22)24(27)19-12-16(3)8-11-21(19)25-32(28,29)18-9-6-15(2)7-10-18/h6-12,17,20,22,25H,5,13-14H2,1-4H3/t17-,20-,22+/m0/s1. The molecule has 1 fully saturated rings. The van der Waals surface area contributed by atoms with Gasteiger partial charge in [-0.1, -0.05) is 29.3 Å². The third-order valence-corrected chi connectivity index (χ3v) is 6.85. The molecule has 7 nitrogen and oxygen atoms in total. The number of carbonyl (C=O) groups excluding carboxylic acids is 2. The van der Waals surface area contributed by atoms with Gasteiger partial charge >= 0.3 is 5.97 Å². The Hall–Kier alpha value is -2.71. The number of rotatable bonds is 8. The molecule has 0 bridgehead atoms. The van der Waals surface area contributed by atoms with E-state index in [0.29, 0.717) is 6.42 Å². The van der Waals surface area contributed by atoms with Crippen molar-refractivity contribution in [3.8, 4) is 0 Å². The molecule has 0 saturated carbocycles. The van der Waals surface area contributed by atoms with Crippen LogP contribution >= 0.6 is 0 Å². The fourth-order valence-corrected chi connectivity index (χ4v) is 4.96. The molecule has 32 heavy (non-hydrogen) atoms. The first-order chi connectivity index (χ1) is 15.1. The number of benzene rings is 2. The van der Waals surface area contributed by atoms with Gasteiger partial charge in [0.05, 0.1) is 41.7 Å². The average molecular weight is 460 g/mol. The Kier molecular flexibility index (Phi) is 7.36. The van der Waals surface area contributed by atoms with Crippen molar-refractivity contribution in [2.45, 2.75) is 57.6 Å². The Labute approximate surface area is 189 Å². The predicted molar refractivity (Wildman–Crippen MR) is 121 cm³/mol. The van der Waals surface area contributed by atoms with Crippen molar-refractivity contribution in [2.24, 2.45) is 5.92 Å². The molecule has 1 N–H and O–H groups in total. The number of hydrogen-bond donors (Lipinski definition) is 1. The van der Waals surface area contributed by atoms with Crippen LogP contribution in [0, 0.1) is 19.8 Å². The van der Waals surface area contributed by atoms with Gasteiger partial charge in [0.1, 0.15) is 0 Å². The van der Waals surface area contributed by atoms with Gasteiger partial charge < -0.3 is 9.47 Å². The molecular weight excluding hydrogens is 430 g/mol. The summed E-state index contributed by atoms with van der Waals surface area (Å²) in [6, 6.07) is 11.5. The molecule has 0 spiro atoms. The van der Waals surface area contributed by atoms with Crippen LogP contribution < -0.4 is 4.72 Å². The molecule has 1 saturated heterocycles. The fraction of sp³-hybridized carbons (Fsp3) is 0.417. The lowest BCUT2D eigenvalue weighted by molar-refractivity contribution is -0.146. The SMILES string of the molecule is CCOC(=O)C[C@H]1O[C@@H](C)C[C@@H]1C(=O)c1cc(C)ccc1NS(=O)(=O)c1ccc(C)cc1. The van der Waals surface area contributed by atoms with Crippen LogP contribution in [0.5, 0.6) is 0 Å². The van der Waals surface area contributed by atoms with E-state index in [9.17, 15) is 18.0 Å². The monoisotopic (exact) mass is 459 g/mol. The molecule has 0 amide bonds. The summed E-state index contributed by atoms with van der Waals surface area (Å²) in [5.74, 6) is -1.25. The van der Waals surface area contributed by atoms with E-state index in [-0.39, 0.29) is 41.1 Å². The molecule has 1 aliphatic heterocycles. The van der Waals surface area contributed by atoms with E-state index >= 15 is 0 Å². The number of Topliss-reactive ketones (excluding diaryl/α,β-unsaturated/α-hetero) is 1. The van der Waals surface area contributed by atoms with Crippen molar-refractivity contribution in [1.29, 1.82) is 0 Å². The minimum Gasteiger partial charge on any atom is -0.466 e. The summed E-state index contributed by atoms with van der Waals surface area (Å²) in [5, 5.41) is 0. The van der Waals surface area contributed by atoms with Gasteiger partial charge in [0, 0.05) is 5.56 Å². The zero-order valence-corrected chi connectivity index (χ0v) is 19.6. The minimum atomic E-state index is -3.88. The quantitative estimate of drug-likeness (QED) is 0.473. The van der Waals surface area contributed by atoms with E-state index in [4.69, 9.17) is 9.47 Å². The van der Waals surface area contributed by atoms with Crippen LogP contribution in [0.3, 0.4) is 0 Å². The van der Waals surface area contributed by atoms with Crippen molar-refractivity contribution in [2.75, 3.05) is 11.3 Å². The first-order valence-electron chi connectivity index (χ1n) is 10.7. The van der Waals surface area contributed by atoms with Crippen LogP contribution in [-0.2, 0) is 24.3 Å². The molecule has 0 aliphatic carbocycles. The molecule has 2 aromatic carbocycles. The van der Waals surface area contributed by atoms with Crippen LogP contribution in [0.2, 0.25) is 0 Å². The number of esters is 1. The average Bonchev–Trinajstić information content (AvgIpc) is 3.09. The predicted octanol–water partition coefficient (Wildman–Crippen LogP) is 4.03. The second-order valence-corrected chi connectivity index (χ2v) is 9.85. The summed E-state index contributed by atoms with van der Waals surface area (Å²) in [7, 11) is -3.88. The molecule has 0 aromatic heterocycles. The second-order valence-electron chi connectivity index (χ2n) is 8.17. The van der Waals surface area contributed by atoms with Crippen molar-refractivity contribution in [1.82, 2.24) is 0 Å². The summed E-state index contributed by atoms with van der Waals surface area (Å²) in [5.41, 5.74) is 2.23. The number of carbonyl (C=O) groups is 2. The van der Waals surface area contributed by atoms with E-state index in [2.05, 4.69) is 4.72 Å². The highest BCUT2D eigenvalue weighted by molar-refractivity contribution is 7.92. The highest BCUT2D eigenvalue weighted by Gasteiger charge is 2.40. The van der Waals surface area contributed by atoms with Gasteiger partial charge in [0.25, 0.3) is 10.0 Å². The van der Waals surface area contributed by atoms with Crippen molar-refractivity contribution in [3.63, 3.8) is 0 Å². The van der Waals surface area contributed by atoms with E-state index in [0.717, 1.165) is 11.1 Å². The third kappa shape index (κ3) is 5.55. The van der Waals surface area contributed by atoms with Gasteiger partial charge in [0.2, 0.25) is 0 Å². The molecule has 1 heterocycles. The second kappa shape index (κ2) is 9.83. The molecule has 8 heteroatoms. The lowest BCUT2D eigenvalue weighted by atomic mass is 9.88. The van der Waals surface area contributed by atoms with E-state index in [1.54, 1.807) is 37.3 Å². The van der Waals surface area contributed by atoms with Crippen LogP contribution in [0.25, 0.3) is 0 Å². The topological polar surface area (TPSA) is 98.8 Å². The Balaban J connectivity index is 1.90. The highest BCUT2D eigenvalue weighted by atomic mass is 32.2. The van der Waals surface area contributed by atoms with Gasteiger partial charge in [-0.2, -0.15) is 0 Å². The van der Waals surface area contributed by atoms with Gasteiger partial charge in [-0.15, -0.1) is 0 Å². The van der Waals surface area contributed by atoms with Gasteiger partial charge in [0.15, 0.2) is 5.78 Å². The fourth-order valence-electron chi connectivity index (χ4n) is 3.88. The normalized spacial score (nSPS) is 20.7. The summed E-state index contributed by atoms with van der Waals surface area (Å²) < 4.78 is 39.2. The molecule has 3 atom stereocenters. The molecule has 1 aliphatic rings. The summed E-state index contributed by atoms with van der Waals surface area (Å²) in [6.07, 6.45) is -0.384. The minimum absolute atomic E-state index is 0.0230. The van der Waals surface area contributed by atoms with E-state index < -0.39 is 28.0 Å². The Morgan fingerprint density at radius 3 is 2.41 bits per heavy atom. The number of ether oxygens (including phenoxy) is 2. The molecular formula is C24H29NO6S. The van der Waals surface area contributed by atoms with Gasteiger partial charge in [-0.3, -0.25) is 14.3 Å². The van der Waals surface area contributed by atoms with Crippen LogP contribution in [0.1, 0.15) is 48.2 Å². The van der Waals surface area contributed by atoms with Crippen molar-refractivity contribution in [3.05, 3.63) is 59.2 Å². The maximum absolute atomic E-state index is 13.5. The Bertz CT molecular complexity index is 1090. The molecule has 0 radical (unpaired) electrons. The zero-order valence-electron chi connectivity index (χ0n) is 18.8. The molecule has 172 valence electrons. The maximum atomic E-state index is 13.5. The third-order valence-electron chi connectivity index (χ3n) is 5.47. The summed E-state index contributed by atoms with van der Waals surface area (Å²) in [4.78, 5) is 25.6. The number of sulfonamides is 1. The van der Waals surface area contributed by atoms with Crippen LogP contribution in [-0.4, -0.2) is 39.0 Å².